The van der Waals surface area contributed by atoms with Crippen molar-refractivity contribution in [3.8, 4) is 0 Å². The van der Waals surface area contributed by atoms with Crippen LogP contribution in [0, 0.1) is 0 Å². The van der Waals surface area contributed by atoms with Crippen molar-refractivity contribution in [3.63, 3.8) is 0 Å². The van der Waals surface area contributed by atoms with Gasteiger partial charge in [0, 0.05) is 0 Å². The maximum absolute atomic E-state index is 5.52. The molecule has 38 valence electrons. The highest BCUT2D eigenvalue weighted by molar-refractivity contribution is 7.15. The Hall–Kier alpha value is -0.210. The van der Waals surface area contributed by atoms with Gasteiger partial charge in [-0.1, -0.05) is 11.6 Å². The number of thiophene rings is 1. The lowest BCUT2D eigenvalue weighted by atomic mass is 10.6. The van der Waals surface area contributed by atoms with E-state index in [1.165, 1.54) is 11.3 Å². The minimum Gasteiger partial charge on any atom is -0.397 e. The monoisotopic (exact) mass is 133 g/mol. The second kappa shape index (κ2) is 1.72. The first kappa shape index (κ1) is 4.94. The summed E-state index contributed by atoms with van der Waals surface area (Å²) in [5, 5.41) is 1.86. The Balaban J connectivity index is 3.12. The van der Waals surface area contributed by atoms with Crippen molar-refractivity contribution in [2.45, 2.75) is 0 Å². The second-order valence-corrected chi connectivity index (χ2v) is 2.67. The summed E-state index contributed by atoms with van der Waals surface area (Å²) in [5.74, 6) is 0. The van der Waals surface area contributed by atoms with Crippen molar-refractivity contribution in [2.75, 3.05) is 5.73 Å². The third-order valence-electron chi connectivity index (χ3n) is 0.646. The first-order valence-corrected chi connectivity index (χ1v) is 3.05. The fourth-order valence-corrected chi connectivity index (χ4v) is 1.06. The van der Waals surface area contributed by atoms with E-state index in [2.05, 4.69) is 0 Å². The molecule has 2 N–H and O–H groups in total. The van der Waals surface area contributed by atoms with E-state index < -0.39 is 0 Å². The zero-order valence-corrected chi connectivity index (χ0v) is 5.09. The Morgan fingerprint density at radius 2 is 2.43 bits per heavy atom. The third-order valence-corrected chi connectivity index (χ3v) is 1.85. The molecular weight excluding hydrogens is 130 g/mol. The molecule has 0 aromatic carbocycles. The molecule has 0 spiro atoms. The van der Waals surface area contributed by atoms with Gasteiger partial charge in [0.25, 0.3) is 0 Å². The predicted molar refractivity (Wildman–Crippen MR) is 33.7 cm³/mol. The van der Waals surface area contributed by atoms with E-state index in [1.807, 2.05) is 5.38 Å². The van der Waals surface area contributed by atoms with Gasteiger partial charge in [0.05, 0.1) is 5.69 Å². The molecule has 0 unspecified atom stereocenters. The Morgan fingerprint density at radius 1 is 1.71 bits per heavy atom. The van der Waals surface area contributed by atoms with Crippen LogP contribution in [-0.4, -0.2) is 0 Å². The van der Waals surface area contributed by atoms with Crippen molar-refractivity contribution < 1.29 is 0 Å². The van der Waals surface area contributed by atoms with Gasteiger partial charge in [0.1, 0.15) is 4.34 Å². The van der Waals surface area contributed by atoms with Crippen molar-refractivity contribution >= 4 is 28.6 Å². The molecule has 3 heteroatoms. The molecule has 0 aliphatic carbocycles. The summed E-state index contributed by atoms with van der Waals surface area (Å²) in [6.45, 7) is 0. The highest BCUT2D eigenvalue weighted by atomic mass is 35.5. The van der Waals surface area contributed by atoms with E-state index in [1.54, 1.807) is 6.07 Å². The molecule has 0 aliphatic rings. The van der Waals surface area contributed by atoms with Crippen LogP contribution in [0.2, 0.25) is 4.34 Å². The maximum Gasteiger partial charge on any atom is 0.116 e. The van der Waals surface area contributed by atoms with Gasteiger partial charge in [0.2, 0.25) is 0 Å². The normalized spacial score (nSPS) is 9.29. The van der Waals surface area contributed by atoms with Crippen LogP contribution in [0.1, 0.15) is 0 Å². The Bertz CT molecular complexity index is 144. The van der Waals surface area contributed by atoms with Crippen LogP contribution in [-0.2, 0) is 0 Å². The van der Waals surface area contributed by atoms with E-state index in [0.717, 1.165) is 0 Å². The molecular formula is C4H4ClNS. The first-order chi connectivity index (χ1) is 3.30. The fraction of sp³-hybridized carbons (Fsp3) is 0. The molecule has 1 nitrogen and oxygen atoms in total. The van der Waals surface area contributed by atoms with Crippen molar-refractivity contribution in [1.82, 2.24) is 0 Å². The zero-order valence-electron chi connectivity index (χ0n) is 3.52. The number of nitrogens with two attached hydrogens (primary N) is 1. The molecule has 0 atom stereocenters. The molecule has 0 aliphatic heterocycles. The van der Waals surface area contributed by atoms with E-state index >= 15 is 0 Å². The van der Waals surface area contributed by atoms with E-state index in [0.29, 0.717) is 10.0 Å². The second-order valence-electron chi connectivity index (χ2n) is 1.15. The first-order valence-electron chi connectivity index (χ1n) is 1.79. The minimum atomic E-state index is 0.673. The van der Waals surface area contributed by atoms with Crippen LogP contribution >= 0.6 is 22.9 Å². The van der Waals surface area contributed by atoms with E-state index in [9.17, 15) is 0 Å². The van der Waals surface area contributed by atoms with Crippen molar-refractivity contribution in [3.05, 3.63) is 15.8 Å². The average Bonchev–Trinajstić information content (AvgIpc) is 1.91. The van der Waals surface area contributed by atoms with Crippen LogP contribution < -0.4 is 5.73 Å². The summed E-state index contributed by atoms with van der Waals surface area (Å²) >= 11 is 6.96. The Kier molecular flexibility index (Phi) is 1.21. The SMILES string of the molecule is Nc1ccsc1Cl. The van der Waals surface area contributed by atoms with Crippen LogP contribution in [0.3, 0.4) is 0 Å². The molecule has 0 saturated heterocycles. The Labute approximate surface area is 50.7 Å². The van der Waals surface area contributed by atoms with E-state index in [-0.39, 0.29) is 0 Å². The fourth-order valence-electron chi connectivity index (χ4n) is 0.301. The third kappa shape index (κ3) is 0.868. The molecule has 0 fully saturated rings. The number of hydrogen-bond donors (Lipinski definition) is 1. The summed E-state index contributed by atoms with van der Waals surface area (Å²) in [4.78, 5) is 0. The Morgan fingerprint density at radius 3 is 2.57 bits per heavy atom. The molecule has 1 heterocycles. The minimum absolute atomic E-state index is 0.673. The standard InChI is InChI=1S/C4H4ClNS/c5-4-3(6)1-2-7-4/h1-2H,6H2. The van der Waals surface area contributed by atoms with Gasteiger partial charge in [-0.3, -0.25) is 0 Å². The molecule has 1 aromatic rings. The largest absolute Gasteiger partial charge is 0.397 e. The predicted octanol–water partition coefficient (Wildman–Crippen LogP) is 1.98. The van der Waals surface area contributed by atoms with Crippen LogP contribution in [0.25, 0.3) is 0 Å². The molecule has 7 heavy (non-hydrogen) atoms. The molecule has 0 bridgehead atoms. The topological polar surface area (TPSA) is 26.0 Å². The highest BCUT2D eigenvalue weighted by Gasteiger charge is 1.90. The molecule has 0 radical (unpaired) electrons. The smallest absolute Gasteiger partial charge is 0.116 e. The number of hydrogen-bond acceptors (Lipinski definition) is 2. The lowest BCUT2D eigenvalue weighted by molar-refractivity contribution is 1.88. The lowest BCUT2D eigenvalue weighted by Crippen LogP contribution is -1.77. The molecule has 1 aromatic heterocycles. The summed E-state index contributed by atoms with van der Waals surface area (Å²) in [6, 6.07) is 1.78. The van der Waals surface area contributed by atoms with Crippen LogP contribution in [0.5, 0.6) is 0 Å². The summed E-state index contributed by atoms with van der Waals surface area (Å²) in [7, 11) is 0. The molecule has 1 rings (SSSR count). The zero-order chi connectivity index (χ0) is 5.28. The van der Waals surface area contributed by atoms with Gasteiger partial charge in [0.15, 0.2) is 0 Å². The number of rotatable bonds is 0. The van der Waals surface area contributed by atoms with Gasteiger partial charge in [-0.05, 0) is 11.4 Å². The number of halogens is 1. The van der Waals surface area contributed by atoms with Gasteiger partial charge in [-0.15, -0.1) is 11.3 Å². The molecule has 0 saturated carbocycles. The van der Waals surface area contributed by atoms with Crippen molar-refractivity contribution in [2.24, 2.45) is 0 Å². The maximum atomic E-state index is 5.52. The van der Waals surface area contributed by atoms with Crippen LogP contribution in [0.15, 0.2) is 11.4 Å². The van der Waals surface area contributed by atoms with Crippen LogP contribution in [0.4, 0.5) is 5.69 Å². The van der Waals surface area contributed by atoms with E-state index in [4.69, 9.17) is 17.3 Å². The van der Waals surface area contributed by atoms with Gasteiger partial charge >= 0.3 is 0 Å². The quantitative estimate of drug-likeness (QED) is 0.576. The number of nitrogen functional groups attached to an aromatic ring is 1. The summed E-state index contributed by atoms with van der Waals surface area (Å²) in [6.07, 6.45) is 0. The number of anilines is 1. The van der Waals surface area contributed by atoms with Gasteiger partial charge in [-0.25, -0.2) is 0 Å². The lowest BCUT2D eigenvalue weighted by Gasteiger charge is -1.78. The van der Waals surface area contributed by atoms with Crippen molar-refractivity contribution in [1.29, 1.82) is 0 Å². The summed E-state index contributed by atoms with van der Waals surface area (Å²) < 4.78 is 0.681. The average molecular weight is 134 g/mol. The van der Waals surface area contributed by atoms with Gasteiger partial charge < -0.3 is 5.73 Å². The van der Waals surface area contributed by atoms with Gasteiger partial charge in [-0.2, -0.15) is 0 Å². The summed E-state index contributed by atoms with van der Waals surface area (Å²) in [5.41, 5.74) is 5.99. The molecule has 0 amide bonds. The highest BCUT2D eigenvalue weighted by Crippen LogP contribution is 2.23.